The number of aryl methyl sites for hydroxylation is 2. The Balaban J connectivity index is 0.000000169. The molecule has 0 saturated carbocycles. The highest BCUT2D eigenvalue weighted by Gasteiger charge is 2.52. The number of nitrogens with one attached hydrogen (secondary N) is 4. The van der Waals surface area contributed by atoms with Gasteiger partial charge in [-0.25, -0.2) is 9.97 Å². The Bertz CT molecular complexity index is 4720. The number of H-pyrrole nitrogens is 2. The van der Waals surface area contributed by atoms with Crippen LogP contribution in [-0.4, -0.2) is 139 Å². The maximum Gasteiger partial charge on any atom is 0.498 e. The van der Waals surface area contributed by atoms with Crippen LogP contribution in [0.1, 0.15) is 38.1 Å². The molecule has 8 N–H and O–H groups in total. The number of nitrogens with zero attached hydrogens (tertiary/aromatic N) is 11. The molecule has 7 aromatic heterocycles. The fourth-order valence-corrected chi connectivity index (χ4v) is 10.1. The van der Waals surface area contributed by atoms with Gasteiger partial charge in [-0.15, -0.1) is 0 Å². The minimum absolute atomic E-state index is 0.0156. The molecule has 1 aliphatic rings. The topological polar surface area (TPSA) is 376 Å². The number of rotatable bonds is 14. The third-order valence-electron chi connectivity index (χ3n) is 15.5. The summed E-state index contributed by atoms with van der Waals surface area (Å²) < 4.78 is 42.7. The standard InChI is InChI=1S/C17H15N5O.C14H12BrN3O.C9H15BN2O2.C8H10N2O3.C8H12N2O.C7H8N2O3.C6H4BrNO/c1-22-16-4-3-14(23-2)6-15(16)21-17(22)12-5-11(7-18-8-12)13-9-19-20-10-13;1-18-13-4-3-11(19-2)6-12(13)17-14(18)9-5-10(15)8-16-7-9;1-8(2)9(3,4)14-10(13-8)7-5-11-12-6-7;1-9-7-4-3-6(13-2)5-8(7)10(11)12;1-10-8-4-3-6(11-2)5-7(8)9;1-12-5-2-3-6(8)7(4-5)9(10)11;7-6-1-5(4-9)2-8-3-6/h3-10H,1-2H3,(H,19,20);3-8H,1-2H3;5-6H,1-4H3,(H,11,12);3-5,9H,1-2H3;3-5,10H,9H2,1-2H3;2-4H,8H2,1H3;1-4H. The van der Waals surface area contributed by atoms with Gasteiger partial charge in [0.15, 0.2) is 6.29 Å². The number of methoxy groups -OCH3 is 5. The molecule has 1 saturated heterocycles. The Morgan fingerprint density at radius 1 is 0.525 bits per heavy atom. The van der Waals surface area contributed by atoms with Crippen LogP contribution in [0, 0.1) is 20.2 Å². The van der Waals surface area contributed by atoms with Gasteiger partial charge >= 0.3 is 7.12 Å². The van der Waals surface area contributed by atoms with E-state index in [0.717, 1.165) is 99.6 Å². The van der Waals surface area contributed by atoms with Crippen LogP contribution in [-0.2, 0) is 23.4 Å². The van der Waals surface area contributed by atoms with E-state index >= 15 is 0 Å². The molecule has 12 aromatic rings. The summed E-state index contributed by atoms with van der Waals surface area (Å²) in [6, 6.07) is 32.0. The lowest BCUT2D eigenvalue weighted by Crippen LogP contribution is -2.41. The second-order valence-electron chi connectivity index (χ2n) is 22.5. The molecule has 32 heteroatoms. The molecule has 13 rings (SSSR count). The summed E-state index contributed by atoms with van der Waals surface area (Å²) in [6.07, 6.45) is 18.3. The number of carbonyl (C=O) groups is 1. The van der Waals surface area contributed by atoms with Crippen molar-refractivity contribution in [1.82, 2.24) is 54.4 Å². The van der Waals surface area contributed by atoms with Crippen molar-refractivity contribution in [2.75, 3.05) is 71.7 Å². The highest BCUT2D eigenvalue weighted by molar-refractivity contribution is 9.10. The van der Waals surface area contributed by atoms with Gasteiger partial charge in [0, 0.05) is 144 Å². The molecule has 1 aliphatic heterocycles. The van der Waals surface area contributed by atoms with Crippen molar-refractivity contribution in [2.24, 2.45) is 14.1 Å². The average Bonchev–Trinajstić information content (AvgIpc) is 1.64. The number of aldehydes is 1. The molecular weight excluding hydrogens is 1430 g/mol. The van der Waals surface area contributed by atoms with Crippen LogP contribution in [0.4, 0.5) is 34.1 Å². The van der Waals surface area contributed by atoms with Crippen molar-refractivity contribution in [1.29, 1.82) is 0 Å². The number of anilines is 4. The number of pyridine rings is 3. The maximum atomic E-state index is 10.6. The first kappa shape index (κ1) is 76.9. The smallest absolute Gasteiger partial charge is 0.497 e. The number of hydrogen-bond donors (Lipinski definition) is 6. The number of hydrogen-bond acceptors (Lipinski definition) is 23. The summed E-state index contributed by atoms with van der Waals surface area (Å²) in [4.78, 5) is 51.7. The van der Waals surface area contributed by atoms with E-state index in [9.17, 15) is 25.0 Å². The molecule has 29 nitrogen and oxygen atoms in total. The minimum Gasteiger partial charge on any atom is -0.497 e. The van der Waals surface area contributed by atoms with Gasteiger partial charge < -0.3 is 64.2 Å². The third kappa shape index (κ3) is 20.3. The van der Waals surface area contributed by atoms with Gasteiger partial charge in [0.05, 0.1) is 108 Å². The van der Waals surface area contributed by atoms with Crippen LogP contribution in [0.3, 0.4) is 0 Å². The number of aromatic amines is 2. The zero-order valence-electron chi connectivity index (χ0n) is 57.5. The number of nitro groups is 2. The monoisotopic (exact) mass is 1500 g/mol. The zero-order chi connectivity index (χ0) is 73.6. The van der Waals surface area contributed by atoms with Gasteiger partial charge in [-0.05, 0) is 138 Å². The predicted octanol–water partition coefficient (Wildman–Crippen LogP) is 13.0. The predicted molar refractivity (Wildman–Crippen MR) is 398 cm³/mol. The molecule has 8 heterocycles. The Labute approximate surface area is 599 Å². The Hall–Kier alpha value is -11.5. The summed E-state index contributed by atoms with van der Waals surface area (Å²) in [5, 5.41) is 40.0. The molecule has 0 amide bonds. The van der Waals surface area contributed by atoms with Gasteiger partial charge in [-0.2, -0.15) is 10.2 Å². The van der Waals surface area contributed by atoms with Crippen LogP contribution in [0.5, 0.6) is 28.7 Å². The molecule has 5 aromatic carbocycles. The number of ether oxygens (including phenoxy) is 5. The Morgan fingerprint density at radius 2 is 0.970 bits per heavy atom. The number of benzene rings is 5. The van der Waals surface area contributed by atoms with Crippen molar-refractivity contribution in [3.05, 3.63) is 206 Å². The lowest BCUT2D eigenvalue weighted by molar-refractivity contribution is -0.384. The fraction of sp³-hybridized carbons (Fsp3) is 0.217. The number of aromatic nitrogens is 11. The molecule has 101 heavy (non-hydrogen) atoms. The van der Waals surface area contributed by atoms with Crippen molar-refractivity contribution < 1.29 is 47.6 Å². The molecule has 0 atom stereocenters. The molecule has 0 aliphatic carbocycles. The van der Waals surface area contributed by atoms with Gasteiger partial charge in [-0.3, -0.25) is 50.2 Å². The van der Waals surface area contributed by atoms with E-state index in [0.29, 0.717) is 28.4 Å². The van der Waals surface area contributed by atoms with Crippen molar-refractivity contribution in [3.63, 3.8) is 0 Å². The number of nitrogens with two attached hydrogens (primary N) is 2. The highest BCUT2D eigenvalue weighted by atomic mass is 79.9. The summed E-state index contributed by atoms with van der Waals surface area (Å²) in [5.41, 5.74) is 22.0. The van der Waals surface area contributed by atoms with Crippen LogP contribution in [0.2, 0.25) is 0 Å². The lowest BCUT2D eigenvalue weighted by atomic mass is 9.82. The quantitative estimate of drug-likeness (QED) is 0.0194. The SMILES string of the molecule is CC1(C)OB(c2cn[nH]c2)OC1(C)C.CNc1ccc(OC)cc1N.CNc1ccc(OC)cc1[N+](=O)[O-].COc1ccc(N)c([N+](=O)[O-])c1.COc1ccc2c(c1)nc(-c1cncc(-c3cn[nH]c3)c1)n2C.COc1ccc2c(c1)nc(-c1cncc(Br)c1)n2C.O=Cc1cncc(Br)c1. The van der Waals surface area contributed by atoms with E-state index in [-0.39, 0.29) is 35.4 Å². The van der Waals surface area contributed by atoms with Crippen LogP contribution in [0.25, 0.3) is 56.0 Å². The van der Waals surface area contributed by atoms with Crippen molar-refractivity contribution >= 4 is 107 Å². The molecule has 1 fully saturated rings. The van der Waals surface area contributed by atoms with E-state index in [2.05, 4.69) is 98.0 Å². The first-order valence-electron chi connectivity index (χ1n) is 30.5. The summed E-state index contributed by atoms with van der Waals surface area (Å²) in [5.74, 6) is 5.04. The Morgan fingerprint density at radius 3 is 1.43 bits per heavy atom. The number of fused-ring (bicyclic) bond motifs is 2. The van der Waals surface area contributed by atoms with Crippen molar-refractivity contribution in [2.45, 2.75) is 38.9 Å². The van der Waals surface area contributed by atoms with Gasteiger partial charge in [0.25, 0.3) is 11.4 Å². The van der Waals surface area contributed by atoms with Gasteiger partial charge in [0.2, 0.25) is 0 Å². The van der Waals surface area contributed by atoms with Crippen molar-refractivity contribution in [3.8, 4) is 62.7 Å². The second kappa shape index (κ2) is 35.9. The third-order valence-corrected chi connectivity index (χ3v) is 16.4. The number of halogens is 2. The zero-order valence-corrected chi connectivity index (χ0v) is 60.7. The summed E-state index contributed by atoms with van der Waals surface area (Å²) in [6.45, 7) is 8.14. The van der Waals surface area contributed by atoms with Crippen LogP contribution >= 0.6 is 31.9 Å². The maximum absolute atomic E-state index is 10.6. The molecule has 0 radical (unpaired) electrons. The summed E-state index contributed by atoms with van der Waals surface area (Å²) >= 11 is 6.61. The van der Waals surface area contributed by atoms with Gasteiger partial charge in [0.1, 0.15) is 51.8 Å². The lowest BCUT2D eigenvalue weighted by Gasteiger charge is -2.32. The second-order valence-corrected chi connectivity index (χ2v) is 24.3. The molecule has 526 valence electrons. The van der Waals surface area contributed by atoms with Crippen LogP contribution in [0.15, 0.2) is 180 Å². The number of nitro benzene ring substituents is 2. The first-order chi connectivity index (χ1) is 48.3. The largest absolute Gasteiger partial charge is 0.498 e. The number of carbonyl (C=O) groups excluding carboxylic acids is 1. The first-order valence-corrected chi connectivity index (χ1v) is 32.1. The molecule has 0 unspecified atom stereocenters. The van der Waals surface area contributed by atoms with E-state index < -0.39 is 9.85 Å². The fourth-order valence-electron chi connectivity index (χ4n) is 9.36. The molecule has 0 spiro atoms. The summed E-state index contributed by atoms with van der Waals surface area (Å²) in [7, 11) is 15.0. The van der Waals surface area contributed by atoms with Crippen LogP contribution < -0.4 is 51.2 Å². The minimum atomic E-state index is -0.544. The Kier molecular flexibility index (Phi) is 27.3. The normalized spacial score (nSPS) is 12.0. The van der Waals surface area contributed by atoms with E-state index in [1.165, 1.54) is 38.6 Å². The number of nitrogen functional groups attached to an aromatic ring is 2. The van der Waals surface area contributed by atoms with E-state index in [1.54, 1.807) is 89.7 Å². The van der Waals surface area contributed by atoms with Gasteiger partial charge in [-0.1, -0.05) is 0 Å². The van der Waals surface area contributed by atoms with E-state index in [4.69, 9.17) is 49.4 Å². The average molecular weight is 1510 g/mol. The van der Waals surface area contributed by atoms with E-state index in [1.807, 2.05) is 128 Å². The number of imidazole rings is 2. The highest BCUT2D eigenvalue weighted by Crippen LogP contribution is 2.37. The molecular formula is C69H76BBr2N17O12. The molecule has 0 bridgehead atoms.